The second-order valence-electron chi connectivity index (χ2n) is 7.29. The monoisotopic (exact) mass is 429 g/mol. The van der Waals surface area contributed by atoms with E-state index in [1.807, 2.05) is 24.3 Å². The Kier molecular flexibility index (Phi) is 7.86. The first-order chi connectivity index (χ1) is 15.0. The first-order valence-electron chi connectivity index (χ1n) is 10.0. The predicted molar refractivity (Wildman–Crippen MR) is 115 cm³/mol. The second-order valence-corrected chi connectivity index (χ2v) is 7.29. The number of carbonyl (C=O) groups is 1. The van der Waals surface area contributed by atoms with Crippen LogP contribution in [0.1, 0.15) is 18.4 Å². The third kappa shape index (κ3) is 6.19. The lowest BCUT2D eigenvalue weighted by atomic mass is 10.1. The molecule has 1 atom stereocenters. The van der Waals surface area contributed by atoms with Crippen LogP contribution in [0, 0.1) is 11.6 Å². The fourth-order valence-corrected chi connectivity index (χ4v) is 3.29. The van der Waals surface area contributed by atoms with E-state index in [-0.39, 0.29) is 31.4 Å². The van der Waals surface area contributed by atoms with Crippen LogP contribution in [-0.2, 0) is 11.3 Å². The summed E-state index contributed by atoms with van der Waals surface area (Å²) < 4.78 is 32.8. The molecular weight excluding hydrogens is 404 g/mol. The highest BCUT2D eigenvalue weighted by atomic mass is 19.2. The fraction of sp³-hybridized carbons (Fsp3) is 0.304. The Bertz CT molecular complexity index is 1030. The first kappa shape index (κ1) is 22.6. The van der Waals surface area contributed by atoms with Crippen LogP contribution in [0.5, 0.6) is 0 Å². The van der Waals surface area contributed by atoms with Gasteiger partial charge in [-0.3, -0.25) is 10.2 Å². The van der Waals surface area contributed by atoms with Crippen LogP contribution in [0.25, 0.3) is 10.8 Å². The summed E-state index contributed by atoms with van der Waals surface area (Å²) in [4.78, 5) is 18.2. The number of aliphatic hydroxyl groups excluding tert-OH is 1. The number of pyridine rings is 1. The molecule has 0 radical (unpaired) electrons. The van der Waals surface area contributed by atoms with Crippen LogP contribution in [0.4, 0.5) is 19.4 Å². The number of carbonyl (C=O) groups excluding carboxylic acids is 1. The van der Waals surface area contributed by atoms with Gasteiger partial charge >= 0.3 is 6.09 Å². The number of aromatic nitrogens is 1. The van der Waals surface area contributed by atoms with Crippen molar-refractivity contribution in [2.24, 2.45) is 0 Å². The topological polar surface area (TPSA) is 74.7 Å². The SMILES string of the molecule is CN(Cc1cccc(F)c1F)[C@H](CCCO)COC(=O)Nc1cc2ccccc2cn1. The van der Waals surface area contributed by atoms with Gasteiger partial charge in [0.2, 0.25) is 0 Å². The Morgan fingerprint density at radius 2 is 1.97 bits per heavy atom. The molecule has 0 aliphatic heterocycles. The van der Waals surface area contributed by atoms with Crippen molar-refractivity contribution in [2.75, 3.05) is 25.6 Å². The van der Waals surface area contributed by atoms with E-state index < -0.39 is 17.7 Å². The van der Waals surface area contributed by atoms with Crippen LogP contribution < -0.4 is 5.32 Å². The maximum absolute atomic E-state index is 14.0. The van der Waals surface area contributed by atoms with Gasteiger partial charge in [-0.1, -0.05) is 36.4 Å². The number of halogens is 2. The van der Waals surface area contributed by atoms with Crippen molar-refractivity contribution < 1.29 is 23.4 Å². The molecule has 0 fully saturated rings. The van der Waals surface area contributed by atoms with Crippen LogP contribution in [0.2, 0.25) is 0 Å². The van der Waals surface area contributed by atoms with Gasteiger partial charge in [-0.25, -0.2) is 18.6 Å². The molecule has 164 valence electrons. The third-order valence-electron chi connectivity index (χ3n) is 5.04. The molecule has 31 heavy (non-hydrogen) atoms. The Morgan fingerprint density at radius 3 is 2.74 bits per heavy atom. The molecule has 0 saturated heterocycles. The van der Waals surface area contributed by atoms with Crippen molar-refractivity contribution in [1.82, 2.24) is 9.88 Å². The summed E-state index contributed by atoms with van der Waals surface area (Å²) in [7, 11) is 1.73. The van der Waals surface area contributed by atoms with E-state index in [1.165, 1.54) is 12.1 Å². The van der Waals surface area contributed by atoms with Crippen molar-refractivity contribution >= 4 is 22.7 Å². The number of nitrogens with zero attached hydrogens (tertiary/aromatic N) is 2. The first-order valence-corrected chi connectivity index (χ1v) is 10.0. The van der Waals surface area contributed by atoms with E-state index in [2.05, 4.69) is 10.3 Å². The summed E-state index contributed by atoms with van der Waals surface area (Å²) in [6.45, 7) is 0.135. The van der Waals surface area contributed by atoms with Gasteiger partial charge in [-0.15, -0.1) is 0 Å². The summed E-state index contributed by atoms with van der Waals surface area (Å²) in [5, 5.41) is 13.7. The number of fused-ring (bicyclic) bond motifs is 1. The van der Waals surface area contributed by atoms with E-state index in [0.717, 1.165) is 16.8 Å². The van der Waals surface area contributed by atoms with Crippen LogP contribution in [-0.4, -0.2) is 47.4 Å². The zero-order valence-electron chi connectivity index (χ0n) is 17.2. The standard InChI is InChI=1S/C23H25F2N3O3/c1-28(14-18-8-4-10-20(24)22(18)25)19(9-5-11-29)15-31-23(30)27-21-12-16-6-2-3-7-17(16)13-26-21/h2-4,6-8,10,12-13,19,29H,5,9,11,14-15H2,1H3,(H,26,27,30)/t19-/m1/s1. The van der Waals surface area contributed by atoms with Gasteiger partial charge < -0.3 is 9.84 Å². The Morgan fingerprint density at radius 1 is 1.19 bits per heavy atom. The molecule has 3 rings (SSSR count). The van der Waals surface area contributed by atoms with Gasteiger partial charge in [0.05, 0.1) is 0 Å². The number of hydrogen-bond acceptors (Lipinski definition) is 5. The largest absolute Gasteiger partial charge is 0.448 e. The maximum Gasteiger partial charge on any atom is 0.412 e. The van der Waals surface area contributed by atoms with E-state index >= 15 is 0 Å². The molecule has 1 heterocycles. The molecule has 0 saturated carbocycles. The molecular formula is C23H25F2N3O3. The number of rotatable bonds is 9. The highest BCUT2D eigenvalue weighted by Gasteiger charge is 2.19. The summed E-state index contributed by atoms with van der Waals surface area (Å²) in [5.41, 5.74) is 0.210. The van der Waals surface area contributed by atoms with E-state index in [9.17, 15) is 13.6 Å². The molecule has 2 aromatic carbocycles. The number of ether oxygens (including phenoxy) is 1. The van der Waals surface area contributed by atoms with Gasteiger partial charge in [0.25, 0.3) is 0 Å². The lowest BCUT2D eigenvalue weighted by Crippen LogP contribution is -2.37. The van der Waals surface area contributed by atoms with Gasteiger partial charge in [0.1, 0.15) is 12.4 Å². The number of anilines is 1. The molecule has 1 aromatic heterocycles. The smallest absolute Gasteiger partial charge is 0.412 e. The quantitative estimate of drug-likeness (QED) is 0.530. The van der Waals surface area contributed by atoms with Crippen molar-refractivity contribution in [3.05, 3.63) is 71.9 Å². The molecule has 0 aliphatic carbocycles. The molecule has 8 heteroatoms. The summed E-state index contributed by atoms with van der Waals surface area (Å²) in [6.07, 6.45) is 2.00. The van der Waals surface area contributed by atoms with Crippen molar-refractivity contribution in [1.29, 1.82) is 0 Å². The lowest BCUT2D eigenvalue weighted by Gasteiger charge is -2.28. The zero-order chi connectivity index (χ0) is 22.2. The van der Waals surface area contributed by atoms with E-state index in [4.69, 9.17) is 9.84 Å². The average molecular weight is 429 g/mol. The molecule has 0 spiro atoms. The van der Waals surface area contributed by atoms with Crippen molar-refractivity contribution in [2.45, 2.75) is 25.4 Å². The number of amides is 1. The van der Waals surface area contributed by atoms with Crippen molar-refractivity contribution in [3.63, 3.8) is 0 Å². The number of benzene rings is 2. The molecule has 0 unspecified atom stereocenters. The highest BCUT2D eigenvalue weighted by Crippen LogP contribution is 2.18. The van der Waals surface area contributed by atoms with Crippen LogP contribution in [0.15, 0.2) is 54.7 Å². The van der Waals surface area contributed by atoms with E-state index in [0.29, 0.717) is 18.7 Å². The Balaban J connectivity index is 1.60. The summed E-state index contributed by atoms with van der Waals surface area (Å²) in [5.74, 6) is -1.43. The highest BCUT2D eigenvalue weighted by molar-refractivity contribution is 5.89. The fourth-order valence-electron chi connectivity index (χ4n) is 3.29. The van der Waals surface area contributed by atoms with Gasteiger partial charge in [0, 0.05) is 36.3 Å². The predicted octanol–water partition coefficient (Wildman–Crippen LogP) is 4.33. The summed E-state index contributed by atoms with van der Waals surface area (Å²) >= 11 is 0. The van der Waals surface area contributed by atoms with E-state index in [1.54, 1.807) is 24.2 Å². The molecule has 1 amide bonds. The molecule has 3 aromatic rings. The van der Waals surface area contributed by atoms with Gasteiger partial charge in [0.15, 0.2) is 11.6 Å². The normalized spacial score (nSPS) is 12.2. The van der Waals surface area contributed by atoms with Crippen molar-refractivity contribution in [3.8, 4) is 0 Å². The maximum atomic E-state index is 14.0. The number of aliphatic hydroxyl groups is 1. The second kappa shape index (κ2) is 10.8. The Labute approximate surface area is 179 Å². The lowest BCUT2D eigenvalue weighted by molar-refractivity contribution is 0.0984. The molecule has 0 bridgehead atoms. The number of nitrogens with one attached hydrogen (secondary N) is 1. The van der Waals surface area contributed by atoms with Gasteiger partial charge in [-0.2, -0.15) is 0 Å². The average Bonchev–Trinajstić information content (AvgIpc) is 2.77. The Hall–Kier alpha value is -3.10. The van der Waals surface area contributed by atoms with Crippen LogP contribution in [0.3, 0.4) is 0 Å². The molecule has 6 nitrogen and oxygen atoms in total. The van der Waals surface area contributed by atoms with Crippen LogP contribution >= 0.6 is 0 Å². The molecule has 2 N–H and O–H groups in total. The zero-order valence-corrected chi connectivity index (χ0v) is 17.2. The number of likely N-dealkylation sites (N-methyl/N-ethyl adjacent to an activating group) is 1. The minimum absolute atomic E-state index is 0.0207. The minimum atomic E-state index is -0.906. The summed E-state index contributed by atoms with van der Waals surface area (Å²) in [6, 6.07) is 13.1. The molecule has 0 aliphatic rings. The van der Waals surface area contributed by atoms with Gasteiger partial charge in [-0.05, 0) is 37.4 Å². The number of hydrogen-bond donors (Lipinski definition) is 2. The minimum Gasteiger partial charge on any atom is -0.448 e. The third-order valence-corrected chi connectivity index (χ3v) is 5.04.